The lowest BCUT2D eigenvalue weighted by molar-refractivity contribution is -0.120. The molecule has 0 saturated carbocycles. The largest absolute Gasteiger partial charge is 0.350 e. The Morgan fingerprint density at radius 3 is 2.04 bits per heavy atom. The fourth-order valence-corrected chi connectivity index (χ4v) is 1.84. The van der Waals surface area contributed by atoms with Crippen molar-refractivity contribution in [2.75, 3.05) is 6.54 Å². The van der Waals surface area contributed by atoms with Crippen LogP contribution in [0.4, 0.5) is 4.79 Å². The highest BCUT2D eigenvalue weighted by Crippen LogP contribution is 1.97. The molecule has 124 valence electrons. The molecular formula is C17H18N4O3. The van der Waals surface area contributed by atoms with Gasteiger partial charge in [0.15, 0.2) is 0 Å². The lowest BCUT2D eigenvalue weighted by atomic mass is 10.2. The van der Waals surface area contributed by atoms with Crippen LogP contribution in [0.15, 0.2) is 60.7 Å². The normalized spacial score (nSPS) is 9.67. The van der Waals surface area contributed by atoms with Crippen molar-refractivity contribution < 1.29 is 14.4 Å². The van der Waals surface area contributed by atoms with Crippen LogP contribution in [0, 0.1) is 0 Å². The monoisotopic (exact) mass is 326 g/mol. The molecule has 0 fully saturated rings. The summed E-state index contributed by atoms with van der Waals surface area (Å²) in [5.74, 6) is -0.775. The summed E-state index contributed by atoms with van der Waals surface area (Å²) in [6, 6.07) is 17.2. The molecular weight excluding hydrogens is 308 g/mol. The smallest absolute Gasteiger partial charge is 0.333 e. The van der Waals surface area contributed by atoms with E-state index < -0.39 is 11.9 Å². The van der Waals surface area contributed by atoms with E-state index in [0.29, 0.717) is 12.1 Å². The predicted molar refractivity (Wildman–Crippen MR) is 88.7 cm³/mol. The van der Waals surface area contributed by atoms with E-state index in [1.165, 1.54) is 0 Å². The minimum Gasteiger partial charge on any atom is -0.350 e. The third-order valence-corrected chi connectivity index (χ3v) is 3.07. The maximum Gasteiger partial charge on any atom is 0.333 e. The van der Waals surface area contributed by atoms with Gasteiger partial charge in [-0.15, -0.1) is 0 Å². The molecule has 2 aromatic rings. The van der Waals surface area contributed by atoms with E-state index in [4.69, 9.17) is 0 Å². The molecule has 2 rings (SSSR count). The van der Waals surface area contributed by atoms with E-state index in [2.05, 4.69) is 21.5 Å². The topological polar surface area (TPSA) is 99.3 Å². The number of hydrazine groups is 1. The number of amides is 4. The van der Waals surface area contributed by atoms with Crippen LogP contribution in [0.25, 0.3) is 0 Å². The fraction of sp³-hybridized carbons (Fsp3) is 0.118. The molecule has 0 atom stereocenters. The molecule has 0 spiro atoms. The highest BCUT2D eigenvalue weighted by molar-refractivity contribution is 5.95. The number of rotatable bonds is 5. The molecule has 24 heavy (non-hydrogen) atoms. The summed E-state index contributed by atoms with van der Waals surface area (Å²) < 4.78 is 0. The molecule has 0 radical (unpaired) electrons. The number of benzene rings is 2. The van der Waals surface area contributed by atoms with Crippen LogP contribution in [0.2, 0.25) is 0 Å². The highest BCUT2D eigenvalue weighted by atomic mass is 16.2. The molecule has 0 heterocycles. The van der Waals surface area contributed by atoms with Crippen molar-refractivity contribution in [3.05, 3.63) is 71.8 Å². The van der Waals surface area contributed by atoms with E-state index in [-0.39, 0.29) is 12.5 Å². The molecule has 0 aliphatic rings. The number of nitrogens with one attached hydrogen (secondary N) is 4. The van der Waals surface area contributed by atoms with Crippen molar-refractivity contribution in [2.45, 2.75) is 6.54 Å². The summed E-state index contributed by atoms with van der Waals surface area (Å²) in [7, 11) is 0. The zero-order chi connectivity index (χ0) is 17.2. The van der Waals surface area contributed by atoms with Gasteiger partial charge in [0.2, 0.25) is 5.91 Å². The second kappa shape index (κ2) is 8.94. The fourth-order valence-electron chi connectivity index (χ4n) is 1.84. The van der Waals surface area contributed by atoms with Crippen LogP contribution in [0.1, 0.15) is 15.9 Å². The summed E-state index contributed by atoms with van der Waals surface area (Å²) >= 11 is 0. The minimum atomic E-state index is -0.672. The van der Waals surface area contributed by atoms with Crippen molar-refractivity contribution in [2.24, 2.45) is 0 Å². The Bertz CT molecular complexity index is 689. The molecule has 0 unspecified atom stereocenters. The van der Waals surface area contributed by atoms with E-state index in [1.54, 1.807) is 30.3 Å². The summed E-state index contributed by atoms with van der Waals surface area (Å²) in [5, 5.41) is 5.02. The van der Waals surface area contributed by atoms with Crippen molar-refractivity contribution >= 4 is 17.8 Å². The van der Waals surface area contributed by atoms with E-state index >= 15 is 0 Å². The van der Waals surface area contributed by atoms with E-state index in [9.17, 15) is 14.4 Å². The summed E-state index contributed by atoms with van der Waals surface area (Å²) in [4.78, 5) is 34.9. The Morgan fingerprint density at radius 1 is 0.750 bits per heavy atom. The summed E-state index contributed by atoms with van der Waals surface area (Å²) in [6.45, 7) is 0.188. The van der Waals surface area contributed by atoms with Crippen molar-refractivity contribution in [3.8, 4) is 0 Å². The van der Waals surface area contributed by atoms with E-state index in [0.717, 1.165) is 5.56 Å². The number of hydrogen-bond donors (Lipinski definition) is 4. The van der Waals surface area contributed by atoms with Crippen LogP contribution in [-0.2, 0) is 11.3 Å². The third kappa shape index (κ3) is 5.80. The van der Waals surface area contributed by atoms with Gasteiger partial charge in [0.1, 0.15) is 0 Å². The SMILES string of the molecule is O=C(CNC(=O)NNC(=O)c1ccccc1)NCc1ccccc1. The van der Waals surface area contributed by atoms with Crippen LogP contribution >= 0.6 is 0 Å². The first kappa shape index (κ1) is 17.0. The number of carbonyl (C=O) groups is 3. The Kier molecular flexibility index (Phi) is 6.34. The number of urea groups is 1. The minimum absolute atomic E-state index is 0.195. The van der Waals surface area contributed by atoms with Gasteiger partial charge in [-0.25, -0.2) is 10.2 Å². The van der Waals surface area contributed by atoms with Crippen LogP contribution in [-0.4, -0.2) is 24.4 Å². The third-order valence-electron chi connectivity index (χ3n) is 3.07. The molecule has 0 saturated heterocycles. The van der Waals surface area contributed by atoms with Gasteiger partial charge in [-0.05, 0) is 17.7 Å². The molecule has 4 amide bonds. The average molecular weight is 326 g/mol. The van der Waals surface area contributed by atoms with Gasteiger partial charge in [0, 0.05) is 12.1 Å². The summed E-state index contributed by atoms with van der Waals surface area (Å²) in [6.07, 6.45) is 0. The maximum absolute atomic E-state index is 11.7. The van der Waals surface area contributed by atoms with Crippen LogP contribution < -0.4 is 21.5 Å². The number of carbonyl (C=O) groups excluding carboxylic acids is 3. The second-order valence-corrected chi connectivity index (χ2v) is 4.89. The van der Waals surface area contributed by atoms with Crippen LogP contribution in [0.3, 0.4) is 0 Å². The first-order chi connectivity index (χ1) is 11.6. The molecule has 7 heteroatoms. The number of hydrogen-bond acceptors (Lipinski definition) is 3. The maximum atomic E-state index is 11.7. The van der Waals surface area contributed by atoms with Gasteiger partial charge in [0.05, 0.1) is 6.54 Å². The van der Waals surface area contributed by atoms with Gasteiger partial charge in [-0.1, -0.05) is 48.5 Å². The van der Waals surface area contributed by atoms with E-state index in [1.807, 2.05) is 30.3 Å². The highest BCUT2D eigenvalue weighted by Gasteiger charge is 2.07. The first-order valence-electron chi connectivity index (χ1n) is 7.35. The molecule has 7 nitrogen and oxygen atoms in total. The van der Waals surface area contributed by atoms with Crippen molar-refractivity contribution in [3.63, 3.8) is 0 Å². The van der Waals surface area contributed by atoms with Gasteiger partial charge in [0.25, 0.3) is 5.91 Å². The Balaban J connectivity index is 1.64. The van der Waals surface area contributed by atoms with Crippen molar-refractivity contribution in [1.29, 1.82) is 0 Å². The zero-order valence-electron chi connectivity index (χ0n) is 12.9. The summed E-state index contributed by atoms with van der Waals surface area (Å²) in [5.41, 5.74) is 5.81. The molecule has 0 aliphatic heterocycles. The molecule has 0 aliphatic carbocycles. The van der Waals surface area contributed by atoms with Gasteiger partial charge >= 0.3 is 6.03 Å². The average Bonchev–Trinajstić information content (AvgIpc) is 2.64. The van der Waals surface area contributed by atoms with Crippen molar-refractivity contribution in [1.82, 2.24) is 21.5 Å². The zero-order valence-corrected chi connectivity index (χ0v) is 12.9. The molecule has 4 N–H and O–H groups in total. The lowest BCUT2D eigenvalue weighted by Crippen LogP contribution is -2.49. The first-order valence-corrected chi connectivity index (χ1v) is 7.35. The standard InChI is InChI=1S/C17H18N4O3/c22-15(18-11-13-7-3-1-4-8-13)12-19-17(24)21-20-16(23)14-9-5-2-6-10-14/h1-10H,11-12H2,(H,18,22)(H,20,23)(H2,19,21,24). The lowest BCUT2D eigenvalue weighted by Gasteiger charge is -2.09. The van der Waals surface area contributed by atoms with Gasteiger partial charge in [-0.3, -0.25) is 15.0 Å². The Hall–Kier alpha value is -3.35. The van der Waals surface area contributed by atoms with Gasteiger partial charge in [-0.2, -0.15) is 0 Å². The van der Waals surface area contributed by atoms with Crippen LogP contribution in [0.5, 0.6) is 0 Å². The predicted octanol–water partition coefficient (Wildman–Crippen LogP) is 0.947. The van der Waals surface area contributed by atoms with Gasteiger partial charge < -0.3 is 10.6 Å². The Labute approximate surface area is 139 Å². The Morgan fingerprint density at radius 2 is 1.38 bits per heavy atom. The molecule has 0 aromatic heterocycles. The molecule has 2 aromatic carbocycles. The molecule has 0 bridgehead atoms. The quantitative estimate of drug-likeness (QED) is 0.616. The second-order valence-electron chi connectivity index (χ2n) is 4.89.